The molecule has 0 atom stereocenters. The van der Waals surface area contributed by atoms with Gasteiger partial charge in [0.05, 0.1) is 5.02 Å². The highest BCUT2D eigenvalue weighted by molar-refractivity contribution is 8.00. The van der Waals surface area contributed by atoms with Crippen molar-refractivity contribution in [3.8, 4) is 0 Å². The van der Waals surface area contributed by atoms with Crippen LogP contribution in [0.25, 0.3) is 0 Å². The fourth-order valence-corrected chi connectivity index (χ4v) is 3.72. The van der Waals surface area contributed by atoms with Crippen LogP contribution in [0.2, 0.25) is 5.02 Å². The van der Waals surface area contributed by atoms with Gasteiger partial charge in [0.15, 0.2) is 0 Å². The Hall–Kier alpha value is -0.220. The van der Waals surface area contributed by atoms with Gasteiger partial charge in [0.2, 0.25) is 0 Å². The van der Waals surface area contributed by atoms with Crippen LogP contribution in [-0.2, 0) is 11.3 Å². The topological polar surface area (TPSA) is 21.3 Å². The van der Waals surface area contributed by atoms with Gasteiger partial charge in [-0.05, 0) is 43.4 Å². The summed E-state index contributed by atoms with van der Waals surface area (Å²) in [6, 6.07) is 7.23. The van der Waals surface area contributed by atoms with Crippen LogP contribution in [0.15, 0.2) is 23.1 Å². The van der Waals surface area contributed by atoms with Crippen molar-refractivity contribution in [2.75, 3.05) is 13.2 Å². The molecule has 1 saturated carbocycles. The molecule has 0 spiro atoms. The first-order valence-corrected chi connectivity index (χ1v) is 8.33. The lowest BCUT2D eigenvalue weighted by Gasteiger charge is -2.22. The minimum Gasteiger partial charge on any atom is -0.381 e. The number of hydrogen-bond acceptors (Lipinski definition) is 3. The van der Waals surface area contributed by atoms with E-state index in [9.17, 15) is 0 Å². The molecule has 0 radical (unpaired) electrons. The van der Waals surface area contributed by atoms with Crippen LogP contribution in [0.4, 0.5) is 0 Å². The number of hydrogen-bond donors (Lipinski definition) is 1. The lowest BCUT2D eigenvalue weighted by atomic mass is 10.2. The van der Waals surface area contributed by atoms with E-state index in [1.54, 1.807) is 0 Å². The van der Waals surface area contributed by atoms with Gasteiger partial charge in [-0.15, -0.1) is 11.8 Å². The normalized spacial score (nSPS) is 20.7. The Morgan fingerprint density at radius 3 is 2.68 bits per heavy atom. The molecule has 0 unspecified atom stereocenters. The minimum atomic E-state index is 0.654. The van der Waals surface area contributed by atoms with Crippen LogP contribution in [0.3, 0.4) is 0 Å². The number of ether oxygens (including phenoxy) is 1. The summed E-state index contributed by atoms with van der Waals surface area (Å²) in [5, 5.41) is 5.07. The van der Waals surface area contributed by atoms with E-state index in [0.717, 1.165) is 43.7 Å². The van der Waals surface area contributed by atoms with Crippen LogP contribution in [0.5, 0.6) is 0 Å². The molecule has 2 nitrogen and oxygen atoms in total. The summed E-state index contributed by atoms with van der Waals surface area (Å²) in [6.07, 6.45) is 4.91. The Morgan fingerprint density at radius 1 is 1.21 bits per heavy atom. The molecular formula is C15H20ClNOS. The second-order valence-electron chi connectivity index (χ2n) is 5.35. The van der Waals surface area contributed by atoms with Crippen LogP contribution in [0, 0.1) is 0 Å². The Bertz CT molecular complexity index is 430. The van der Waals surface area contributed by atoms with Crippen molar-refractivity contribution in [2.24, 2.45) is 0 Å². The van der Waals surface area contributed by atoms with Gasteiger partial charge in [0, 0.05) is 35.9 Å². The maximum Gasteiger partial charge on any atom is 0.0545 e. The Morgan fingerprint density at radius 2 is 2.00 bits per heavy atom. The van der Waals surface area contributed by atoms with Crippen LogP contribution in [-0.4, -0.2) is 24.5 Å². The molecule has 1 heterocycles. The number of rotatable bonds is 5. The summed E-state index contributed by atoms with van der Waals surface area (Å²) in [5.41, 5.74) is 1.29. The Balaban J connectivity index is 1.58. The number of thioether (sulfide) groups is 1. The minimum absolute atomic E-state index is 0.654. The molecule has 1 aliphatic carbocycles. The molecule has 1 N–H and O–H groups in total. The number of halogens is 1. The highest BCUT2D eigenvalue weighted by Crippen LogP contribution is 2.35. The predicted octanol–water partition coefficient (Wildman–Crippen LogP) is 3.86. The van der Waals surface area contributed by atoms with E-state index in [1.807, 2.05) is 11.8 Å². The van der Waals surface area contributed by atoms with E-state index in [4.69, 9.17) is 16.3 Å². The molecule has 4 heteroatoms. The monoisotopic (exact) mass is 297 g/mol. The van der Waals surface area contributed by atoms with E-state index < -0.39 is 0 Å². The van der Waals surface area contributed by atoms with Crippen LogP contribution >= 0.6 is 23.4 Å². The maximum absolute atomic E-state index is 6.40. The van der Waals surface area contributed by atoms with Crippen molar-refractivity contribution in [1.29, 1.82) is 0 Å². The second-order valence-corrected chi connectivity index (χ2v) is 7.10. The Kier molecular flexibility index (Phi) is 4.69. The molecular weight excluding hydrogens is 278 g/mol. The fraction of sp³-hybridized carbons (Fsp3) is 0.600. The van der Waals surface area contributed by atoms with Gasteiger partial charge in [-0.1, -0.05) is 17.7 Å². The third-order valence-corrected chi connectivity index (χ3v) is 5.47. The average Bonchev–Trinajstić information content (AvgIpc) is 3.25. The summed E-state index contributed by atoms with van der Waals surface area (Å²) < 4.78 is 5.39. The summed E-state index contributed by atoms with van der Waals surface area (Å²) in [5.74, 6) is 0. The van der Waals surface area contributed by atoms with Gasteiger partial charge in [0.25, 0.3) is 0 Å². The summed E-state index contributed by atoms with van der Waals surface area (Å²) in [7, 11) is 0. The van der Waals surface area contributed by atoms with E-state index in [1.165, 1.54) is 23.3 Å². The maximum atomic E-state index is 6.40. The highest BCUT2D eigenvalue weighted by Gasteiger charge is 2.20. The third kappa shape index (κ3) is 4.12. The SMILES string of the molecule is Clc1cc(CNC2CC2)ccc1SC1CCOCC1. The van der Waals surface area contributed by atoms with Gasteiger partial charge < -0.3 is 10.1 Å². The molecule has 1 aliphatic heterocycles. The summed E-state index contributed by atoms with van der Waals surface area (Å²) >= 11 is 8.30. The first kappa shape index (κ1) is 13.7. The van der Waals surface area contributed by atoms with E-state index in [-0.39, 0.29) is 0 Å². The Labute approximate surface area is 124 Å². The molecule has 0 amide bonds. The van der Waals surface area contributed by atoms with Crippen LogP contribution in [0.1, 0.15) is 31.2 Å². The van der Waals surface area contributed by atoms with Crippen molar-refractivity contribution in [3.63, 3.8) is 0 Å². The molecule has 2 fully saturated rings. The number of nitrogens with one attached hydrogen (secondary N) is 1. The van der Waals surface area contributed by atoms with Gasteiger partial charge in [-0.3, -0.25) is 0 Å². The van der Waals surface area contributed by atoms with Crippen molar-refractivity contribution in [2.45, 2.75) is 48.4 Å². The second kappa shape index (κ2) is 6.49. The lowest BCUT2D eigenvalue weighted by molar-refractivity contribution is 0.100. The molecule has 1 saturated heterocycles. The standard InChI is InChI=1S/C15H20ClNOS/c16-14-9-11(10-17-12-2-3-12)1-4-15(14)19-13-5-7-18-8-6-13/h1,4,9,12-13,17H,2-3,5-8,10H2. The van der Waals surface area contributed by atoms with Crippen LogP contribution < -0.4 is 5.32 Å². The molecule has 19 heavy (non-hydrogen) atoms. The van der Waals surface area contributed by atoms with Gasteiger partial charge in [0.1, 0.15) is 0 Å². The zero-order valence-electron chi connectivity index (χ0n) is 11.0. The van der Waals surface area contributed by atoms with E-state index >= 15 is 0 Å². The predicted molar refractivity (Wildman–Crippen MR) is 81.0 cm³/mol. The zero-order chi connectivity index (χ0) is 13.1. The smallest absolute Gasteiger partial charge is 0.0545 e. The van der Waals surface area contributed by atoms with Gasteiger partial charge in [-0.2, -0.15) is 0 Å². The third-order valence-electron chi connectivity index (χ3n) is 3.63. The molecule has 104 valence electrons. The average molecular weight is 298 g/mol. The van der Waals surface area contributed by atoms with Crippen molar-refractivity contribution < 1.29 is 4.74 Å². The zero-order valence-corrected chi connectivity index (χ0v) is 12.6. The highest BCUT2D eigenvalue weighted by atomic mass is 35.5. The summed E-state index contributed by atoms with van der Waals surface area (Å²) in [6.45, 7) is 2.71. The molecule has 2 aliphatic rings. The largest absolute Gasteiger partial charge is 0.381 e. The summed E-state index contributed by atoms with van der Waals surface area (Å²) in [4.78, 5) is 1.21. The lowest BCUT2D eigenvalue weighted by Crippen LogP contribution is -2.17. The van der Waals surface area contributed by atoms with Gasteiger partial charge in [-0.25, -0.2) is 0 Å². The first-order valence-electron chi connectivity index (χ1n) is 7.07. The molecule has 3 rings (SSSR count). The first-order chi connectivity index (χ1) is 9.31. The number of benzene rings is 1. The fourth-order valence-electron chi connectivity index (χ4n) is 2.27. The van der Waals surface area contributed by atoms with E-state index in [2.05, 4.69) is 23.5 Å². The quantitative estimate of drug-likeness (QED) is 0.891. The molecule has 1 aromatic rings. The molecule has 1 aromatic carbocycles. The van der Waals surface area contributed by atoms with Crippen molar-refractivity contribution >= 4 is 23.4 Å². The van der Waals surface area contributed by atoms with Crippen molar-refractivity contribution in [1.82, 2.24) is 5.32 Å². The molecule has 0 aromatic heterocycles. The van der Waals surface area contributed by atoms with Crippen molar-refractivity contribution in [3.05, 3.63) is 28.8 Å². The van der Waals surface area contributed by atoms with E-state index in [0.29, 0.717) is 5.25 Å². The molecule has 0 bridgehead atoms. The van der Waals surface area contributed by atoms with Gasteiger partial charge >= 0.3 is 0 Å².